The van der Waals surface area contributed by atoms with Crippen LogP contribution in [0.3, 0.4) is 0 Å². The maximum atomic E-state index is 5.76. The lowest BCUT2D eigenvalue weighted by molar-refractivity contribution is 0.242. The number of pyridine rings is 1. The van der Waals surface area contributed by atoms with Crippen LogP contribution in [0.25, 0.3) is 0 Å². The van der Waals surface area contributed by atoms with Gasteiger partial charge in [-0.1, -0.05) is 25.8 Å². The molecule has 0 spiro atoms. The van der Waals surface area contributed by atoms with Crippen molar-refractivity contribution in [2.75, 3.05) is 26.2 Å². The van der Waals surface area contributed by atoms with E-state index in [0.29, 0.717) is 25.1 Å². The highest BCUT2D eigenvalue weighted by molar-refractivity contribution is 14.0. The Morgan fingerprint density at radius 1 is 1.29 bits per heavy atom. The van der Waals surface area contributed by atoms with E-state index in [1.54, 1.807) is 6.20 Å². The standard InChI is InChI=1S/C21H35N5O.HI/c1-3-14-27-20-17(8-7-12-23-20)15-24-21(22-4-2)25-18-11-13-26(16-18)19-9-5-6-10-19;/h7-8,12,18-19H,3-6,9-11,13-16H2,1-2H3,(H2,22,24,25);1H. The summed E-state index contributed by atoms with van der Waals surface area (Å²) in [6.07, 6.45) is 9.50. The van der Waals surface area contributed by atoms with Crippen LogP contribution in [-0.2, 0) is 6.54 Å². The van der Waals surface area contributed by atoms with Crippen molar-refractivity contribution < 1.29 is 4.74 Å². The summed E-state index contributed by atoms with van der Waals surface area (Å²) in [6.45, 7) is 8.66. The lowest BCUT2D eigenvalue weighted by atomic mass is 10.2. The zero-order valence-electron chi connectivity index (χ0n) is 17.3. The topological polar surface area (TPSA) is 61.8 Å². The quantitative estimate of drug-likeness (QED) is 0.324. The maximum absolute atomic E-state index is 5.76. The van der Waals surface area contributed by atoms with Crippen molar-refractivity contribution in [2.45, 2.75) is 71.0 Å². The molecule has 1 aromatic heterocycles. The van der Waals surface area contributed by atoms with Crippen LogP contribution >= 0.6 is 24.0 Å². The molecule has 1 aliphatic carbocycles. The predicted octanol–water partition coefficient (Wildman–Crippen LogP) is 3.56. The van der Waals surface area contributed by atoms with Crippen LogP contribution in [-0.4, -0.2) is 54.2 Å². The second kappa shape index (κ2) is 12.5. The molecule has 3 rings (SSSR count). The first kappa shape index (κ1) is 23.2. The Morgan fingerprint density at radius 2 is 2.11 bits per heavy atom. The number of ether oxygens (including phenoxy) is 1. The second-order valence-electron chi connectivity index (χ2n) is 7.57. The van der Waals surface area contributed by atoms with E-state index in [4.69, 9.17) is 9.73 Å². The highest BCUT2D eigenvalue weighted by Gasteiger charge is 2.30. The number of guanidine groups is 1. The van der Waals surface area contributed by atoms with Gasteiger partial charge in [-0.15, -0.1) is 24.0 Å². The third kappa shape index (κ3) is 6.76. The van der Waals surface area contributed by atoms with E-state index in [2.05, 4.69) is 34.4 Å². The Hall–Kier alpha value is -1.09. The molecule has 2 fully saturated rings. The normalized spacial score (nSPS) is 20.8. The van der Waals surface area contributed by atoms with Gasteiger partial charge in [0.2, 0.25) is 5.88 Å². The summed E-state index contributed by atoms with van der Waals surface area (Å²) in [5, 5.41) is 7.03. The Morgan fingerprint density at radius 3 is 2.86 bits per heavy atom. The first-order chi connectivity index (χ1) is 13.3. The van der Waals surface area contributed by atoms with Crippen molar-refractivity contribution in [2.24, 2.45) is 4.99 Å². The highest BCUT2D eigenvalue weighted by atomic mass is 127. The van der Waals surface area contributed by atoms with Gasteiger partial charge in [0.15, 0.2) is 5.96 Å². The van der Waals surface area contributed by atoms with Crippen LogP contribution in [0, 0.1) is 0 Å². The van der Waals surface area contributed by atoms with Gasteiger partial charge in [-0.25, -0.2) is 9.98 Å². The van der Waals surface area contributed by atoms with Crippen LogP contribution in [0.2, 0.25) is 0 Å². The Balaban J connectivity index is 0.00000280. The van der Waals surface area contributed by atoms with Crippen LogP contribution in [0.4, 0.5) is 0 Å². The molecule has 0 radical (unpaired) electrons. The van der Waals surface area contributed by atoms with Gasteiger partial charge in [-0.3, -0.25) is 4.90 Å². The number of halogens is 1. The average Bonchev–Trinajstić information content (AvgIpc) is 3.37. The fourth-order valence-corrected chi connectivity index (χ4v) is 4.06. The minimum absolute atomic E-state index is 0. The number of nitrogens with one attached hydrogen (secondary N) is 2. The first-order valence-corrected chi connectivity index (χ1v) is 10.7. The van der Waals surface area contributed by atoms with Gasteiger partial charge in [0.1, 0.15) is 0 Å². The zero-order valence-corrected chi connectivity index (χ0v) is 19.7. The average molecular weight is 501 g/mol. The minimum Gasteiger partial charge on any atom is -0.477 e. The van der Waals surface area contributed by atoms with E-state index in [9.17, 15) is 0 Å². The fourth-order valence-electron chi connectivity index (χ4n) is 4.06. The van der Waals surface area contributed by atoms with Crippen LogP contribution in [0.15, 0.2) is 23.3 Å². The maximum Gasteiger partial charge on any atom is 0.218 e. The summed E-state index contributed by atoms with van der Waals surface area (Å²) in [5.74, 6) is 1.59. The number of rotatable bonds is 8. The molecule has 1 saturated heterocycles. The Kier molecular flexibility index (Phi) is 10.3. The van der Waals surface area contributed by atoms with Crippen LogP contribution in [0.1, 0.15) is 57.9 Å². The molecular formula is C21H36IN5O. The number of likely N-dealkylation sites (tertiary alicyclic amines) is 1. The van der Waals surface area contributed by atoms with E-state index < -0.39 is 0 Å². The molecule has 1 saturated carbocycles. The van der Waals surface area contributed by atoms with E-state index in [1.165, 1.54) is 38.6 Å². The van der Waals surface area contributed by atoms with E-state index in [-0.39, 0.29) is 24.0 Å². The summed E-state index contributed by atoms with van der Waals surface area (Å²) in [4.78, 5) is 11.8. The van der Waals surface area contributed by atoms with E-state index in [0.717, 1.165) is 37.1 Å². The third-order valence-corrected chi connectivity index (χ3v) is 5.45. The summed E-state index contributed by atoms with van der Waals surface area (Å²) < 4.78 is 5.76. The summed E-state index contributed by atoms with van der Waals surface area (Å²) in [7, 11) is 0. The van der Waals surface area contributed by atoms with Gasteiger partial charge >= 0.3 is 0 Å². The van der Waals surface area contributed by atoms with Crippen molar-refractivity contribution in [1.29, 1.82) is 0 Å². The molecule has 1 atom stereocenters. The van der Waals surface area contributed by atoms with Gasteiger partial charge in [0.25, 0.3) is 0 Å². The van der Waals surface area contributed by atoms with Gasteiger partial charge < -0.3 is 15.4 Å². The first-order valence-electron chi connectivity index (χ1n) is 10.7. The molecular weight excluding hydrogens is 465 g/mol. The Labute approximate surface area is 186 Å². The van der Waals surface area contributed by atoms with Gasteiger partial charge in [-0.2, -0.15) is 0 Å². The van der Waals surface area contributed by atoms with Crippen molar-refractivity contribution in [3.63, 3.8) is 0 Å². The zero-order chi connectivity index (χ0) is 18.9. The van der Waals surface area contributed by atoms with Gasteiger partial charge in [0, 0.05) is 43.5 Å². The summed E-state index contributed by atoms with van der Waals surface area (Å²) >= 11 is 0. The number of hydrogen-bond acceptors (Lipinski definition) is 4. The molecule has 2 heterocycles. The SMILES string of the molecule is CCCOc1ncccc1CN=C(NCC)NC1CCN(C2CCCC2)C1.I. The second-order valence-corrected chi connectivity index (χ2v) is 7.57. The molecule has 6 nitrogen and oxygen atoms in total. The molecule has 2 N–H and O–H groups in total. The number of hydrogen-bond donors (Lipinski definition) is 2. The fraction of sp³-hybridized carbons (Fsp3) is 0.714. The molecule has 0 aromatic carbocycles. The van der Waals surface area contributed by atoms with Crippen molar-refractivity contribution in [3.8, 4) is 5.88 Å². The van der Waals surface area contributed by atoms with Crippen molar-refractivity contribution >= 4 is 29.9 Å². The number of aliphatic imine (C=N–C) groups is 1. The van der Waals surface area contributed by atoms with Gasteiger partial charge in [-0.05, 0) is 38.7 Å². The molecule has 1 unspecified atom stereocenters. The van der Waals surface area contributed by atoms with Crippen molar-refractivity contribution in [3.05, 3.63) is 23.9 Å². The smallest absolute Gasteiger partial charge is 0.218 e. The molecule has 1 aliphatic heterocycles. The molecule has 1 aromatic rings. The molecule has 7 heteroatoms. The summed E-state index contributed by atoms with van der Waals surface area (Å²) in [6, 6.07) is 5.28. The molecule has 158 valence electrons. The molecule has 0 amide bonds. The largest absolute Gasteiger partial charge is 0.477 e. The molecule has 0 bridgehead atoms. The predicted molar refractivity (Wildman–Crippen MR) is 126 cm³/mol. The summed E-state index contributed by atoms with van der Waals surface area (Å²) in [5.41, 5.74) is 1.03. The lowest BCUT2D eigenvalue weighted by Crippen LogP contribution is -2.45. The van der Waals surface area contributed by atoms with E-state index >= 15 is 0 Å². The number of nitrogens with zero attached hydrogens (tertiary/aromatic N) is 3. The monoisotopic (exact) mass is 501 g/mol. The lowest BCUT2D eigenvalue weighted by Gasteiger charge is -2.24. The van der Waals surface area contributed by atoms with E-state index in [1.807, 2.05) is 12.1 Å². The molecule has 2 aliphatic rings. The third-order valence-electron chi connectivity index (χ3n) is 5.45. The minimum atomic E-state index is 0. The molecule has 28 heavy (non-hydrogen) atoms. The Bertz CT molecular complexity index is 606. The van der Waals surface area contributed by atoms with Crippen LogP contribution in [0.5, 0.6) is 5.88 Å². The van der Waals surface area contributed by atoms with Crippen molar-refractivity contribution in [1.82, 2.24) is 20.5 Å². The van der Waals surface area contributed by atoms with Crippen LogP contribution < -0.4 is 15.4 Å². The van der Waals surface area contributed by atoms with Gasteiger partial charge in [0.05, 0.1) is 13.2 Å². The number of aromatic nitrogens is 1. The highest BCUT2D eigenvalue weighted by Crippen LogP contribution is 2.26.